The molecule has 4 nitrogen and oxygen atoms in total. The summed E-state index contributed by atoms with van der Waals surface area (Å²) in [4.78, 5) is 24.9. The molecule has 3 rings (SSSR count). The van der Waals surface area contributed by atoms with Crippen molar-refractivity contribution in [3.63, 3.8) is 0 Å². The van der Waals surface area contributed by atoms with Gasteiger partial charge in [0.15, 0.2) is 5.78 Å². The second-order valence-electron chi connectivity index (χ2n) is 4.47. The van der Waals surface area contributed by atoms with Gasteiger partial charge in [-0.15, -0.1) is 0 Å². The lowest BCUT2D eigenvalue weighted by atomic mass is 9.82. The number of carbonyl (C=O) groups is 2. The molecule has 0 radical (unpaired) electrons. The number of ether oxygens (including phenoxy) is 1. The zero-order valence-corrected chi connectivity index (χ0v) is 8.39. The van der Waals surface area contributed by atoms with E-state index in [1.165, 1.54) is 0 Å². The summed E-state index contributed by atoms with van der Waals surface area (Å²) >= 11 is 0. The fourth-order valence-electron chi connectivity index (χ4n) is 2.87. The van der Waals surface area contributed by atoms with Gasteiger partial charge in [0.2, 0.25) is 0 Å². The third-order valence-corrected chi connectivity index (χ3v) is 3.53. The minimum absolute atomic E-state index is 0.195. The molecule has 1 saturated heterocycles. The number of ketones is 1. The molecule has 3 atom stereocenters. The molecule has 1 heterocycles. The van der Waals surface area contributed by atoms with Crippen LogP contribution in [0.2, 0.25) is 0 Å². The highest BCUT2D eigenvalue weighted by Gasteiger charge is 2.44. The van der Waals surface area contributed by atoms with E-state index in [0.717, 1.165) is 6.42 Å². The zero-order valence-electron chi connectivity index (χ0n) is 8.39. The van der Waals surface area contributed by atoms with E-state index < -0.39 is 0 Å². The lowest BCUT2D eigenvalue weighted by Gasteiger charge is -2.33. The molecule has 0 aromatic heterocycles. The molecular weight excluding hydrogens is 194 g/mol. The first kappa shape index (κ1) is 8.95. The Morgan fingerprint density at radius 3 is 2.93 bits per heavy atom. The van der Waals surface area contributed by atoms with Gasteiger partial charge in [-0.2, -0.15) is 0 Å². The average Bonchev–Trinajstić information content (AvgIpc) is 2.76. The monoisotopic (exact) mass is 207 g/mol. The minimum Gasteiger partial charge on any atom is -0.448 e. The Hall–Kier alpha value is -1.32. The first-order valence-electron chi connectivity index (χ1n) is 5.40. The van der Waals surface area contributed by atoms with Gasteiger partial charge in [-0.05, 0) is 12.3 Å². The van der Waals surface area contributed by atoms with Crippen molar-refractivity contribution in [2.45, 2.75) is 18.9 Å². The third-order valence-electron chi connectivity index (χ3n) is 3.53. The van der Waals surface area contributed by atoms with Gasteiger partial charge in [0, 0.05) is 12.3 Å². The topological polar surface area (TPSA) is 46.6 Å². The van der Waals surface area contributed by atoms with Crippen molar-refractivity contribution in [3.05, 3.63) is 12.2 Å². The lowest BCUT2D eigenvalue weighted by Crippen LogP contribution is -2.48. The van der Waals surface area contributed by atoms with Crippen molar-refractivity contribution in [1.29, 1.82) is 0 Å². The van der Waals surface area contributed by atoms with Gasteiger partial charge >= 0.3 is 6.09 Å². The normalized spacial score (nSPS) is 38.7. The highest BCUT2D eigenvalue weighted by Crippen LogP contribution is 2.37. The Bertz CT molecular complexity index is 350. The van der Waals surface area contributed by atoms with Crippen LogP contribution in [0.25, 0.3) is 0 Å². The standard InChI is InChI=1S/C11H13NO3/c13-9-6-7-1-2-8(5-7)10(9)12-3-4-15-11(12)14/h1-2,7-8,10H,3-6H2/t7-,8+,10+/m1/s1. The maximum atomic E-state index is 11.9. The number of hydrogen-bond acceptors (Lipinski definition) is 3. The largest absolute Gasteiger partial charge is 0.448 e. The summed E-state index contributed by atoms with van der Waals surface area (Å²) in [5.74, 6) is 0.833. The molecule has 1 aliphatic heterocycles. The van der Waals surface area contributed by atoms with Crippen LogP contribution in [-0.2, 0) is 9.53 Å². The molecule has 1 amide bonds. The fourth-order valence-corrected chi connectivity index (χ4v) is 2.87. The summed E-state index contributed by atoms with van der Waals surface area (Å²) in [5, 5.41) is 0. The number of allylic oxidation sites excluding steroid dienone is 1. The Morgan fingerprint density at radius 2 is 2.20 bits per heavy atom. The number of Topliss-reactive ketones (excluding diaryl/α,β-unsaturated/α-hetero) is 1. The molecule has 3 aliphatic rings. The SMILES string of the molecule is O=C1C[C@@H]2C=C[C@@H](C2)[C@@H]1N1CCOC1=O. The van der Waals surface area contributed by atoms with E-state index in [1.54, 1.807) is 4.90 Å². The Labute approximate surface area is 87.9 Å². The molecule has 15 heavy (non-hydrogen) atoms. The molecule has 0 unspecified atom stereocenters. The van der Waals surface area contributed by atoms with E-state index >= 15 is 0 Å². The maximum absolute atomic E-state index is 11.9. The first-order chi connectivity index (χ1) is 7.25. The van der Waals surface area contributed by atoms with E-state index in [2.05, 4.69) is 12.2 Å². The summed E-state index contributed by atoms with van der Waals surface area (Å²) < 4.78 is 4.88. The molecule has 4 heteroatoms. The van der Waals surface area contributed by atoms with Crippen LogP contribution >= 0.6 is 0 Å². The smallest absolute Gasteiger partial charge is 0.410 e. The van der Waals surface area contributed by atoms with E-state index in [4.69, 9.17) is 4.74 Å². The molecule has 2 fully saturated rings. The maximum Gasteiger partial charge on any atom is 0.410 e. The van der Waals surface area contributed by atoms with Crippen LogP contribution < -0.4 is 0 Å². The summed E-state index contributed by atoms with van der Waals surface area (Å²) in [6.07, 6.45) is 5.48. The molecular formula is C11H13NO3. The van der Waals surface area contributed by atoms with Gasteiger partial charge in [0.1, 0.15) is 12.6 Å². The fraction of sp³-hybridized carbons (Fsp3) is 0.636. The van der Waals surface area contributed by atoms with Crippen molar-refractivity contribution in [3.8, 4) is 0 Å². The number of carbonyl (C=O) groups excluding carboxylic acids is 2. The molecule has 0 aromatic rings. The van der Waals surface area contributed by atoms with E-state index in [9.17, 15) is 9.59 Å². The van der Waals surface area contributed by atoms with Crippen LogP contribution in [0.3, 0.4) is 0 Å². The van der Waals surface area contributed by atoms with E-state index in [-0.39, 0.29) is 23.8 Å². The molecule has 2 bridgehead atoms. The Balaban J connectivity index is 1.87. The van der Waals surface area contributed by atoms with Gasteiger partial charge in [0.25, 0.3) is 0 Å². The van der Waals surface area contributed by atoms with Crippen LogP contribution in [0.4, 0.5) is 4.79 Å². The average molecular weight is 207 g/mol. The van der Waals surface area contributed by atoms with Crippen molar-refractivity contribution in [1.82, 2.24) is 4.90 Å². The number of amides is 1. The molecule has 2 aliphatic carbocycles. The zero-order chi connectivity index (χ0) is 10.4. The van der Waals surface area contributed by atoms with Gasteiger partial charge in [0.05, 0.1) is 6.54 Å². The van der Waals surface area contributed by atoms with Crippen molar-refractivity contribution in [2.75, 3.05) is 13.2 Å². The van der Waals surface area contributed by atoms with Gasteiger partial charge in [-0.1, -0.05) is 12.2 Å². The highest BCUT2D eigenvalue weighted by molar-refractivity contribution is 5.90. The van der Waals surface area contributed by atoms with Gasteiger partial charge in [-0.25, -0.2) is 4.79 Å². The molecule has 0 spiro atoms. The van der Waals surface area contributed by atoms with Crippen LogP contribution in [0.5, 0.6) is 0 Å². The van der Waals surface area contributed by atoms with Gasteiger partial charge in [-0.3, -0.25) is 9.69 Å². The molecule has 80 valence electrons. The second-order valence-corrected chi connectivity index (χ2v) is 4.47. The summed E-state index contributed by atoms with van der Waals surface area (Å²) in [6.45, 7) is 0.979. The number of cyclic esters (lactones) is 1. The Kier molecular flexibility index (Phi) is 1.84. The quantitative estimate of drug-likeness (QED) is 0.602. The Morgan fingerprint density at radius 1 is 1.33 bits per heavy atom. The first-order valence-corrected chi connectivity index (χ1v) is 5.40. The van der Waals surface area contributed by atoms with Crippen LogP contribution in [-0.4, -0.2) is 36.0 Å². The lowest BCUT2D eigenvalue weighted by molar-refractivity contribution is -0.126. The van der Waals surface area contributed by atoms with Crippen molar-refractivity contribution < 1.29 is 14.3 Å². The van der Waals surface area contributed by atoms with E-state index in [1.807, 2.05) is 0 Å². The van der Waals surface area contributed by atoms with Crippen molar-refractivity contribution >= 4 is 11.9 Å². The number of nitrogens with zero attached hydrogens (tertiary/aromatic N) is 1. The number of hydrogen-bond donors (Lipinski definition) is 0. The predicted octanol–water partition coefficient (Wildman–Crippen LogP) is 0.972. The van der Waals surface area contributed by atoms with E-state index in [0.29, 0.717) is 25.5 Å². The molecule has 1 saturated carbocycles. The van der Waals surface area contributed by atoms with Crippen LogP contribution in [0.15, 0.2) is 12.2 Å². The molecule has 0 aromatic carbocycles. The van der Waals surface area contributed by atoms with Gasteiger partial charge < -0.3 is 4.74 Å². The number of fused-ring (bicyclic) bond motifs is 2. The van der Waals surface area contributed by atoms with Crippen LogP contribution in [0.1, 0.15) is 12.8 Å². The summed E-state index contributed by atoms with van der Waals surface area (Å²) in [7, 11) is 0. The predicted molar refractivity (Wildman–Crippen MR) is 52.2 cm³/mol. The van der Waals surface area contributed by atoms with Crippen molar-refractivity contribution in [2.24, 2.45) is 11.8 Å². The molecule has 0 N–H and O–H groups in total. The highest BCUT2D eigenvalue weighted by atomic mass is 16.6. The summed E-state index contributed by atoms with van der Waals surface area (Å²) in [6, 6.07) is -0.255. The van der Waals surface area contributed by atoms with Crippen LogP contribution in [0, 0.1) is 11.8 Å². The third kappa shape index (κ3) is 1.28. The minimum atomic E-state index is -0.327. The number of rotatable bonds is 1. The summed E-state index contributed by atoms with van der Waals surface area (Å²) in [5.41, 5.74) is 0. The second kappa shape index (κ2) is 3.08.